The van der Waals surface area contributed by atoms with Gasteiger partial charge in [0.25, 0.3) is 0 Å². The maximum atomic E-state index is 12.5. The molecular weight excluding hydrogens is 217 g/mol. The van der Waals surface area contributed by atoms with Gasteiger partial charge in [0.2, 0.25) is 0 Å². The van der Waals surface area contributed by atoms with Gasteiger partial charge in [-0.15, -0.1) is 0 Å². The quantitative estimate of drug-likeness (QED) is 0.747. The molecule has 0 bridgehead atoms. The van der Waals surface area contributed by atoms with E-state index in [0.29, 0.717) is 17.3 Å². The molecule has 0 radical (unpaired) electrons. The standard InChI is InChI=1S/C11H11F3N2/c1-2-7-6-16(15)10-4-3-8(5-9(7)10)11(12,13)14/h3-6H,2,15H2,1H3. The predicted octanol–water partition coefficient (Wildman–Crippen LogP) is 2.94. The fourth-order valence-electron chi connectivity index (χ4n) is 1.78. The van der Waals surface area contributed by atoms with Crippen molar-refractivity contribution in [2.45, 2.75) is 19.5 Å². The summed E-state index contributed by atoms with van der Waals surface area (Å²) in [4.78, 5) is 0. The lowest BCUT2D eigenvalue weighted by Crippen LogP contribution is -2.07. The van der Waals surface area contributed by atoms with E-state index in [1.165, 1.54) is 10.7 Å². The second-order valence-electron chi connectivity index (χ2n) is 3.64. The van der Waals surface area contributed by atoms with Crippen molar-refractivity contribution >= 4 is 10.9 Å². The van der Waals surface area contributed by atoms with Gasteiger partial charge in [0.15, 0.2) is 0 Å². The molecule has 0 spiro atoms. The zero-order valence-electron chi connectivity index (χ0n) is 8.67. The molecule has 0 aliphatic heterocycles. The largest absolute Gasteiger partial charge is 0.416 e. The summed E-state index contributed by atoms with van der Waals surface area (Å²) in [6.07, 6.45) is -2.00. The molecule has 2 aromatic rings. The average molecular weight is 228 g/mol. The first kappa shape index (κ1) is 10.9. The number of benzene rings is 1. The Morgan fingerprint density at radius 1 is 1.31 bits per heavy atom. The topological polar surface area (TPSA) is 30.9 Å². The van der Waals surface area contributed by atoms with Crippen LogP contribution in [0.3, 0.4) is 0 Å². The molecule has 5 heteroatoms. The third-order valence-corrected chi connectivity index (χ3v) is 2.62. The van der Waals surface area contributed by atoms with E-state index in [0.717, 1.165) is 17.7 Å². The van der Waals surface area contributed by atoms with Crippen LogP contribution in [0, 0.1) is 0 Å². The van der Waals surface area contributed by atoms with E-state index in [9.17, 15) is 13.2 Å². The lowest BCUT2D eigenvalue weighted by molar-refractivity contribution is -0.137. The van der Waals surface area contributed by atoms with Gasteiger partial charge < -0.3 is 5.84 Å². The molecule has 1 aromatic carbocycles. The summed E-state index contributed by atoms with van der Waals surface area (Å²) < 4.78 is 38.9. The van der Waals surface area contributed by atoms with Crippen molar-refractivity contribution in [2.75, 3.05) is 5.84 Å². The Morgan fingerprint density at radius 3 is 2.56 bits per heavy atom. The SMILES string of the molecule is CCc1cn(N)c2ccc(C(F)(F)F)cc12. The van der Waals surface area contributed by atoms with Crippen molar-refractivity contribution in [2.24, 2.45) is 0 Å². The summed E-state index contributed by atoms with van der Waals surface area (Å²) >= 11 is 0. The van der Waals surface area contributed by atoms with Gasteiger partial charge in [-0.2, -0.15) is 13.2 Å². The molecule has 0 amide bonds. The number of hydrogen-bond donors (Lipinski definition) is 1. The van der Waals surface area contributed by atoms with Crippen molar-refractivity contribution in [1.29, 1.82) is 0 Å². The van der Waals surface area contributed by atoms with Crippen LogP contribution in [0.25, 0.3) is 10.9 Å². The fraction of sp³-hybridized carbons (Fsp3) is 0.273. The van der Waals surface area contributed by atoms with Crippen LogP contribution in [0.2, 0.25) is 0 Å². The Kier molecular flexibility index (Phi) is 2.33. The van der Waals surface area contributed by atoms with Gasteiger partial charge in [0, 0.05) is 11.6 Å². The number of rotatable bonds is 1. The number of fused-ring (bicyclic) bond motifs is 1. The van der Waals surface area contributed by atoms with Crippen molar-refractivity contribution in [1.82, 2.24) is 4.68 Å². The van der Waals surface area contributed by atoms with Crippen LogP contribution in [0.1, 0.15) is 18.1 Å². The smallest absolute Gasteiger partial charge is 0.339 e. The molecule has 0 fully saturated rings. The van der Waals surface area contributed by atoms with E-state index in [4.69, 9.17) is 5.84 Å². The third-order valence-electron chi connectivity index (χ3n) is 2.62. The second kappa shape index (κ2) is 3.43. The lowest BCUT2D eigenvalue weighted by atomic mass is 10.1. The Morgan fingerprint density at radius 2 is 2.00 bits per heavy atom. The molecular formula is C11H11F3N2. The van der Waals surface area contributed by atoms with Crippen LogP contribution in [-0.4, -0.2) is 4.68 Å². The average Bonchev–Trinajstić information content (AvgIpc) is 2.54. The Balaban J connectivity index is 2.69. The van der Waals surface area contributed by atoms with Gasteiger partial charge in [-0.25, -0.2) is 0 Å². The Labute approximate surface area is 90.4 Å². The van der Waals surface area contributed by atoms with E-state index in [-0.39, 0.29) is 0 Å². The third kappa shape index (κ3) is 1.62. The maximum Gasteiger partial charge on any atom is 0.416 e. The number of nitrogens with zero attached hydrogens (tertiary/aromatic N) is 1. The first-order valence-corrected chi connectivity index (χ1v) is 4.89. The van der Waals surface area contributed by atoms with E-state index in [1.54, 1.807) is 6.20 Å². The highest BCUT2D eigenvalue weighted by Gasteiger charge is 2.30. The van der Waals surface area contributed by atoms with Crippen LogP contribution in [0.4, 0.5) is 13.2 Å². The minimum absolute atomic E-state index is 0.569. The van der Waals surface area contributed by atoms with Crippen molar-refractivity contribution in [3.63, 3.8) is 0 Å². The molecule has 2 rings (SSSR count). The molecule has 0 aliphatic carbocycles. The zero-order valence-corrected chi connectivity index (χ0v) is 8.67. The number of hydrogen-bond acceptors (Lipinski definition) is 1. The molecule has 1 heterocycles. The molecule has 0 aliphatic rings. The fourth-order valence-corrected chi connectivity index (χ4v) is 1.78. The molecule has 16 heavy (non-hydrogen) atoms. The number of aryl methyl sites for hydroxylation is 1. The van der Waals surface area contributed by atoms with Crippen molar-refractivity contribution < 1.29 is 13.2 Å². The summed E-state index contributed by atoms with van der Waals surface area (Å²) in [5.74, 6) is 5.65. The molecule has 0 atom stereocenters. The highest BCUT2D eigenvalue weighted by Crippen LogP contribution is 2.32. The van der Waals surface area contributed by atoms with E-state index in [2.05, 4.69) is 0 Å². The van der Waals surface area contributed by atoms with Crippen LogP contribution in [0.15, 0.2) is 24.4 Å². The van der Waals surface area contributed by atoms with Crippen molar-refractivity contribution in [3.8, 4) is 0 Å². The number of halogens is 3. The summed E-state index contributed by atoms with van der Waals surface area (Å²) in [5, 5.41) is 0.569. The van der Waals surface area contributed by atoms with E-state index in [1.807, 2.05) is 6.92 Å². The van der Waals surface area contributed by atoms with E-state index < -0.39 is 11.7 Å². The number of alkyl halides is 3. The minimum Gasteiger partial charge on any atom is -0.339 e. The van der Waals surface area contributed by atoms with E-state index >= 15 is 0 Å². The van der Waals surface area contributed by atoms with Gasteiger partial charge in [-0.1, -0.05) is 6.92 Å². The summed E-state index contributed by atoms with van der Waals surface area (Å²) in [7, 11) is 0. The summed E-state index contributed by atoms with van der Waals surface area (Å²) in [6, 6.07) is 3.60. The van der Waals surface area contributed by atoms with Crippen LogP contribution >= 0.6 is 0 Å². The molecule has 86 valence electrons. The summed E-state index contributed by atoms with van der Waals surface area (Å²) in [5.41, 5.74) is 0.800. The lowest BCUT2D eigenvalue weighted by Gasteiger charge is -2.06. The van der Waals surface area contributed by atoms with Crippen molar-refractivity contribution in [3.05, 3.63) is 35.5 Å². The maximum absolute atomic E-state index is 12.5. The highest BCUT2D eigenvalue weighted by molar-refractivity contribution is 5.84. The van der Waals surface area contributed by atoms with Gasteiger partial charge in [0.05, 0.1) is 11.1 Å². The molecule has 0 saturated heterocycles. The Hall–Kier alpha value is -1.65. The minimum atomic E-state index is -4.31. The number of aromatic nitrogens is 1. The first-order valence-electron chi connectivity index (χ1n) is 4.89. The normalized spacial score (nSPS) is 12.2. The van der Waals surface area contributed by atoms with Gasteiger partial charge in [-0.3, -0.25) is 4.68 Å². The molecule has 0 saturated carbocycles. The Bertz CT molecular complexity index is 526. The molecule has 2 N–H and O–H groups in total. The predicted molar refractivity (Wildman–Crippen MR) is 56.5 cm³/mol. The molecule has 2 nitrogen and oxygen atoms in total. The highest BCUT2D eigenvalue weighted by atomic mass is 19.4. The second-order valence-corrected chi connectivity index (χ2v) is 3.64. The first-order chi connectivity index (χ1) is 7.43. The molecule has 1 aromatic heterocycles. The van der Waals surface area contributed by atoms with Gasteiger partial charge in [-0.05, 0) is 30.2 Å². The van der Waals surface area contributed by atoms with Crippen LogP contribution < -0.4 is 5.84 Å². The number of nitrogens with two attached hydrogens (primary N) is 1. The van der Waals surface area contributed by atoms with Crippen LogP contribution in [-0.2, 0) is 12.6 Å². The zero-order chi connectivity index (χ0) is 11.9. The monoisotopic (exact) mass is 228 g/mol. The van der Waals surface area contributed by atoms with Crippen LogP contribution in [0.5, 0.6) is 0 Å². The number of nitrogen functional groups attached to an aromatic ring is 1. The van der Waals surface area contributed by atoms with Gasteiger partial charge >= 0.3 is 6.18 Å². The molecule has 0 unspecified atom stereocenters. The summed E-state index contributed by atoms with van der Waals surface area (Å²) in [6.45, 7) is 1.88. The van der Waals surface area contributed by atoms with Gasteiger partial charge in [0.1, 0.15) is 0 Å².